The van der Waals surface area contributed by atoms with Crippen molar-refractivity contribution in [2.75, 3.05) is 0 Å². The molecule has 3 aromatic heterocycles. The van der Waals surface area contributed by atoms with Crippen LogP contribution in [0.2, 0.25) is 0 Å². The Balaban J connectivity index is 1.73. The van der Waals surface area contributed by atoms with Gasteiger partial charge in [-0.25, -0.2) is 0 Å². The number of benzene rings is 1. The van der Waals surface area contributed by atoms with Crippen molar-refractivity contribution in [1.29, 1.82) is 0 Å². The van der Waals surface area contributed by atoms with Crippen molar-refractivity contribution in [3.8, 4) is 0 Å². The Morgan fingerprint density at radius 1 is 0.889 bits per heavy atom. The minimum Gasteiger partial charge on any atom is -0.358 e. The maximum atomic E-state index is 3.46. The summed E-state index contributed by atoms with van der Waals surface area (Å²) in [6.07, 6.45) is 0.927. The quantitative estimate of drug-likeness (QED) is 0.533. The average Bonchev–Trinajstić information content (AvgIpc) is 3.01. The molecule has 0 saturated carbocycles. The molecular weight excluding hydrogens is 240 g/mol. The fourth-order valence-electron chi connectivity index (χ4n) is 2.43. The number of aromatic nitrogens is 2. The van der Waals surface area contributed by atoms with Gasteiger partial charge in [-0.05, 0) is 35.0 Å². The van der Waals surface area contributed by atoms with Gasteiger partial charge in [0.15, 0.2) is 0 Å². The lowest BCUT2D eigenvalue weighted by Gasteiger charge is -1.93. The molecule has 0 atom stereocenters. The highest BCUT2D eigenvalue weighted by Gasteiger charge is 2.05. The van der Waals surface area contributed by atoms with E-state index >= 15 is 0 Å². The first-order valence-corrected chi connectivity index (χ1v) is 6.88. The number of para-hydroxylation sites is 1. The fourth-order valence-corrected chi connectivity index (χ4v) is 3.24. The number of nitrogens with one attached hydrogen (secondary N) is 2. The van der Waals surface area contributed by atoms with E-state index in [1.54, 1.807) is 11.3 Å². The zero-order valence-corrected chi connectivity index (χ0v) is 10.6. The SMILES string of the molecule is c1ccc2[nH]c(Cc3cc4sccc4[nH]3)cc2c1. The molecule has 0 unspecified atom stereocenters. The zero-order valence-electron chi connectivity index (χ0n) is 9.73. The van der Waals surface area contributed by atoms with Crippen LogP contribution < -0.4 is 0 Å². The van der Waals surface area contributed by atoms with Gasteiger partial charge in [-0.15, -0.1) is 11.3 Å². The maximum Gasteiger partial charge on any atom is 0.0565 e. The summed E-state index contributed by atoms with van der Waals surface area (Å²) in [5.41, 5.74) is 4.97. The molecule has 3 heterocycles. The van der Waals surface area contributed by atoms with E-state index in [0.29, 0.717) is 0 Å². The van der Waals surface area contributed by atoms with E-state index < -0.39 is 0 Å². The molecule has 0 spiro atoms. The summed E-state index contributed by atoms with van der Waals surface area (Å²) in [5, 5.41) is 3.40. The predicted octanol–water partition coefficient (Wildman–Crippen LogP) is 4.30. The lowest BCUT2D eigenvalue weighted by atomic mass is 10.2. The van der Waals surface area contributed by atoms with Gasteiger partial charge >= 0.3 is 0 Å². The summed E-state index contributed by atoms with van der Waals surface area (Å²) in [4.78, 5) is 6.92. The first-order chi connectivity index (χ1) is 8.88. The van der Waals surface area contributed by atoms with Crippen LogP contribution in [0.25, 0.3) is 21.1 Å². The first kappa shape index (κ1) is 9.97. The standard InChI is InChI=1S/C15H12N2S/c1-2-4-13-10(3-1)7-11(16-13)8-12-9-15-14(17-12)5-6-18-15/h1-7,9,16-17H,8H2. The molecule has 0 aliphatic carbocycles. The Hall–Kier alpha value is -2.00. The second-order valence-electron chi connectivity index (χ2n) is 4.55. The average molecular weight is 252 g/mol. The van der Waals surface area contributed by atoms with Crippen molar-refractivity contribution >= 4 is 32.5 Å². The molecule has 0 saturated heterocycles. The molecular formula is C15H12N2S. The number of hydrogen-bond acceptors (Lipinski definition) is 1. The summed E-state index contributed by atoms with van der Waals surface area (Å²) in [5.74, 6) is 0. The predicted molar refractivity (Wildman–Crippen MR) is 77.3 cm³/mol. The van der Waals surface area contributed by atoms with Crippen LogP contribution in [-0.2, 0) is 6.42 Å². The smallest absolute Gasteiger partial charge is 0.0565 e. The Morgan fingerprint density at radius 2 is 1.72 bits per heavy atom. The van der Waals surface area contributed by atoms with Crippen molar-refractivity contribution in [3.63, 3.8) is 0 Å². The normalized spacial score (nSPS) is 11.6. The molecule has 0 aliphatic heterocycles. The minimum atomic E-state index is 0.927. The molecule has 4 rings (SSSR count). The van der Waals surface area contributed by atoms with Crippen LogP contribution >= 0.6 is 11.3 Å². The highest BCUT2D eigenvalue weighted by atomic mass is 32.1. The van der Waals surface area contributed by atoms with Gasteiger partial charge in [0, 0.05) is 23.3 Å². The van der Waals surface area contributed by atoms with E-state index in [4.69, 9.17) is 0 Å². The third-order valence-corrected chi connectivity index (χ3v) is 4.13. The third-order valence-electron chi connectivity index (χ3n) is 3.26. The lowest BCUT2D eigenvalue weighted by Crippen LogP contribution is -1.87. The van der Waals surface area contributed by atoms with Gasteiger partial charge in [0.2, 0.25) is 0 Å². The number of H-pyrrole nitrogens is 2. The molecule has 0 bridgehead atoms. The molecule has 0 amide bonds. The van der Waals surface area contributed by atoms with Crippen molar-refractivity contribution in [2.24, 2.45) is 0 Å². The second-order valence-corrected chi connectivity index (χ2v) is 5.50. The Kier molecular flexibility index (Phi) is 2.08. The minimum absolute atomic E-state index is 0.927. The van der Waals surface area contributed by atoms with Crippen molar-refractivity contribution < 1.29 is 0 Å². The number of aromatic amines is 2. The summed E-state index contributed by atoms with van der Waals surface area (Å²) < 4.78 is 1.33. The largest absolute Gasteiger partial charge is 0.358 e. The van der Waals surface area contributed by atoms with E-state index in [0.717, 1.165) is 6.42 Å². The van der Waals surface area contributed by atoms with Gasteiger partial charge in [-0.2, -0.15) is 0 Å². The van der Waals surface area contributed by atoms with E-state index in [1.807, 2.05) is 0 Å². The number of hydrogen-bond donors (Lipinski definition) is 2. The number of fused-ring (bicyclic) bond motifs is 2. The van der Waals surface area contributed by atoms with Gasteiger partial charge < -0.3 is 9.97 Å². The molecule has 0 aliphatic rings. The van der Waals surface area contributed by atoms with Crippen molar-refractivity contribution in [2.45, 2.75) is 6.42 Å². The molecule has 1 aromatic carbocycles. The molecule has 3 heteroatoms. The van der Waals surface area contributed by atoms with E-state index in [-0.39, 0.29) is 0 Å². The summed E-state index contributed by atoms with van der Waals surface area (Å²) in [6, 6.07) is 15.0. The number of rotatable bonds is 2. The van der Waals surface area contributed by atoms with Gasteiger partial charge in [-0.1, -0.05) is 18.2 Å². The van der Waals surface area contributed by atoms with Gasteiger partial charge in [0.1, 0.15) is 0 Å². The van der Waals surface area contributed by atoms with Crippen LogP contribution in [0.1, 0.15) is 11.4 Å². The fraction of sp³-hybridized carbons (Fsp3) is 0.0667. The first-order valence-electron chi connectivity index (χ1n) is 6.00. The van der Waals surface area contributed by atoms with Crippen LogP contribution in [0.15, 0.2) is 47.8 Å². The van der Waals surface area contributed by atoms with Crippen LogP contribution in [0.3, 0.4) is 0 Å². The highest BCUT2D eigenvalue weighted by Crippen LogP contribution is 2.23. The molecule has 18 heavy (non-hydrogen) atoms. The molecule has 2 nitrogen and oxygen atoms in total. The van der Waals surface area contributed by atoms with E-state index in [1.165, 1.54) is 32.5 Å². The van der Waals surface area contributed by atoms with Crippen LogP contribution in [-0.4, -0.2) is 9.97 Å². The van der Waals surface area contributed by atoms with Crippen LogP contribution in [0.4, 0.5) is 0 Å². The molecule has 88 valence electrons. The molecule has 2 N–H and O–H groups in total. The highest BCUT2D eigenvalue weighted by molar-refractivity contribution is 7.17. The van der Waals surface area contributed by atoms with E-state index in [2.05, 4.69) is 57.8 Å². The van der Waals surface area contributed by atoms with Crippen molar-refractivity contribution in [3.05, 3.63) is 59.2 Å². The molecule has 0 radical (unpaired) electrons. The topological polar surface area (TPSA) is 31.6 Å². The van der Waals surface area contributed by atoms with Gasteiger partial charge in [0.25, 0.3) is 0 Å². The Morgan fingerprint density at radius 3 is 2.61 bits per heavy atom. The summed E-state index contributed by atoms with van der Waals surface area (Å²) >= 11 is 1.78. The third kappa shape index (κ3) is 1.56. The van der Waals surface area contributed by atoms with Crippen molar-refractivity contribution in [1.82, 2.24) is 9.97 Å². The van der Waals surface area contributed by atoms with Crippen LogP contribution in [0.5, 0.6) is 0 Å². The zero-order chi connectivity index (χ0) is 11.9. The summed E-state index contributed by atoms with van der Waals surface area (Å²) in [7, 11) is 0. The lowest BCUT2D eigenvalue weighted by molar-refractivity contribution is 1.07. The number of thiophene rings is 1. The molecule has 0 fully saturated rings. The van der Waals surface area contributed by atoms with Gasteiger partial charge in [0.05, 0.1) is 10.2 Å². The van der Waals surface area contributed by atoms with E-state index in [9.17, 15) is 0 Å². The monoisotopic (exact) mass is 252 g/mol. The van der Waals surface area contributed by atoms with Gasteiger partial charge in [-0.3, -0.25) is 0 Å². The Labute approximate surface area is 108 Å². The van der Waals surface area contributed by atoms with Crippen LogP contribution in [0, 0.1) is 0 Å². The Bertz CT molecular complexity index is 758. The maximum absolute atomic E-state index is 3.46. The molecule has 4 aromatic rings. The second kappa shape index (κ2) is 3.75. The summed E-state index contributed by atoms with van der Waals surface area (Å²) in [6.45, 7) is 0.